The summed E-state index contributed by atoms with van der Waals surface area (Å²) in [7, 11) is 1.84. The molecule has 0 spiro atoms. The van der Waals surface area contributed by atoms with Crippen LogP contribution in [0.5, 0.6) is 0 Å². The molecule has 4 rings (SSSR count). The number of aryl methyl sites for hydroxylation is 1. The predicted molar refractivity (Wildman–Crippen MR) is 93.9 cm³/mol. The molecule has 3 heterocycles. The van der Waals surface area contributed by atoms with Crippen molar-refractivity contribution in [2.75, 3.05) is 0 Å². The Hall–Kier alpha value is -2.86. The van der Waals surface area contributed by atoms with Crippen molar-refractivity contribution < 1.29 is 9.21 Å². The second-order valence-electron chi connectivity index (χ2n) is 5.44. The minimum atomic E-state index is -0.125. The number of amides is 1. The number of nitrogens with zero attached hydrogens (tertiary/aromatic N) is 2. The second kappa shape index (κ2) is 5.98. The number of hydrogen-bond donors (Lipinski definition) is 1. The summed E-state index contributed by atoms with van der Waals surface area (Å²) in [6.45, 7) is 0.342. The van der Waals surface area contributed by atoms with Crippen molar-refractivity contribution in [3.05, 3.63) is 66.2 Å². The summed E-state index contributed by atoms with van der Waals surface area (Å²) in [5.74, 6) is 1.30. The summed E-state index contributed by atoms with van der Waals surface area (Å²) in [4.78, 5) is 16.7. The summed E-state index contributed by atoms with van der Waals surface area (Å²) in [6, 6.07) is 15.4. The maximum atomic E-state index is 12.1. The van der Waals surface area contributed by atoms with Crippen molar-refractivity contribution in [2.24, 2.45) is 7.05 Å². The average Bonchev–Trinajstić information content (AvgIpc) is 3.31. The number of furan rings is 1. The van der Waals surface area contributed by atoms with Gasteiger partial charge in [-0.25, -0.2) is 4.98 Å². The molecule has 0 saturated heterocycles. The summed E-state index contributed by atoms with van der Waals surface area (Å²) in [5, 5.41) is 3.71. The highest BCUT2D eigenvalue weighted by molar-refractivity contribution is 7.21. The van der Waals surface area contributed by atoms with Gasteiger partial charge in [-0.3, -0.25) is 4.79 Å². The number of hydrogen-bond acceptors (Lipinski definition) is 4. The van der Waals surface area contributed by atoms with Gasteiger partial charge in [0.1, 0.15) is 11.5 Å². The van der Waals surface area contributed by atoms with Crippen LogP contribution in [0.15, 0.2) is 59.1 Å². The zero-order valence-corrected chi connectivity index (χ0v) is 13.8. The van der Waals surface area contributed by atoms with E-state index >= 15 is 0 Å². The average molecular weight is 337 g/mol. The van der Waals surface area contributed by atoms with Gasteiger partial charge in [0.25, 0.3) is 5.91 Å². The van der Waals surface area contributed by atoms with E-state index in [0.717, 1.165) is 21.0 Å². The van der Waals surface area contributed by atoms with E-state index in [9.17, 15) is 4.79 Å². The van der Waals surface area contributed by atoms with Crippen molar-refractivity contribution in [1.82, 2.24) is 14.9 Å². The normalized spacial score (nSPS) is 11.0. The number of aromatic nitrogens is 2. The lowest BCUT2D eigenvalue weighted by Gasteiger charge is -2.04. The molecule has 24 heavy (non-hydrogen) atoms. The third-order valence-electron chi connectivity index (χ3n) is 3.77. The number of carbonyl (C=O) groups excluding carboxylic acids is 1. The minimum absolute atomic E-state index is 0.125. The van der Waals surface area contributed by atoms with E-state index in [1.165, 1.54) is 0 Å². The van der Waals surface area contributed by atoms with Gasteiger partial charge in [0.2, 0.25) is 0 Å². The van der Waals surface area contributed by atoms with Crippen LogP contribution in [-0.4, -0.2) is 15.5 Å². The highest BCUT2D eigenvalue weighted by Gasteiger charge is 2.12. The van der Waals surface area contributed by atoms with Gasteiger partial charge in [-0.15, -0.1) is 11.3 Å². The summed E-state index contributed by atoms with van der Waals surface area (Å²) >= 11 is 1.59. The van der Waals surface area contributed by atoms with Gasteiger partial charge in [-0.2, -0.15) is 0 Å². The number of thiazole rings is 1. The topological polar surface area (TPSA) is 60.1 Å². The Morgan fingerprint density at radius 1 is 1.21 bits per heavy atom. The minimum Gasteiger partial charge on any atom is -0.457 e. The largest absolute Gasteiger partial charge is 0.457 e. The van der Waals surface area contributed by atoms with Crippen LogP contribution < -0.4 is 5.32 Å². The van der Waals surface area contributed by atoms with Crippen LogP contribution in [0.25, 0.3) is 21.0 Å². The molecule has 0 aliphatic rings. The standard InChI is InChI=1S/C18H15N3O2S/c1-21-10-4-6-14(21)17(22)19-11-12-8-9-15(23-12)18-20-13-5-2-3-7-16(13)24-18/h2-10H,11H2,1H3,(H,19,22). The Morgan fingerprint density at radius 2 is 2.08 bits per heavy atom. The Labute approximate surface area is 142 Å². The molecule has 0 saturated carbocycles. The van der Waals surface area contributed by atoms with Crippen molar-refractivity contribution in [1.29, 1.82) is 0 Å². The van der Waals surface area contributed by atoms with Crippen LogP contribution in [0.4, 0.5) is 0 Å². The van der Waals surface area contributed by atoms with Crippen molar-refractivity contribution in [2.45, 2.75) is 6.54 Å². The van der Waals surface area contributed by atoms with Crippen LogP contribution >= 0.6 is 11.3 Å². The third-order valence-corrected chi connectivity index (χ3v) is 4.82. The zero-order valence-electron chi connectivity index (χ0n) is 13.0. The highest BCUT2D eigenvalue weighted by atomic mass is 32.1. The Bertz CT molecular complexity index is 979. The number of carbonyl (C=O) groups is 1. The van der Waals surface area contributed by atoms with Crippen molar-refractivity contribution >= 4 is 27.5 Å². The molecular weight excluding hydrogens is 322 g/mol. The van der Waals surface area contributed by atoms with E-state index in [-0.39, 0.29) is 5.91 Å². The van der Waals surface area contributed by atoms with Crippen LogP contribution in [0.1, 0.15) is 16.2 Å². The summed E-state index contributed by atoms with van der Waals surface area (Å²) < 4.78 is 8.73. The number of fused-ring (bicyclic) bond motifs is 1. The smallest absolute Gasteiger partial charge is 0.268 e. The zero-order chi connectivity index (χ0) is 16.5. The number of para-hydroxylation sites is 1. The van der Waals surface area contributed by atoms with E-state index < -0.39 is 0 Å². The van der Waals surface area contributed by atoms with Gasteiger partial charge < -0.3 is 14.3 Å². The van der Waals surface area contributed by atoms with Crippen molar-refractivity contribution in [3.8, 4) is 10.8 Å². The molecule has 0 radical (unpaired) electrons. The lowest BCUT2D eigenvalue weighted by Crippen LogP contribution is -2.24. The summed E-state index contributed by atoms with van der Waals surface area (Å²) in [5.41, 5.74) is 1.58. The molecule has 1 amide bonds. The lowest BCUT2D eigenvalue weighted by atomic mass is 10.3. The molecule has 0 aliphatic carbocycles. The van der Waals surface area contributed by atoms with E-state index in [1.807, 2.05) is 55.7 Å². The predicted octanol–water partition coefficient (Wildman–Crippen LogP) is 3.82. The van der Waals surface area contributed by atoms with Crippen LogP contribution in [0.2, 0.25) is 0 Å². The van der Waals surface area contributed by atoms with Gasteiger partial charge in [-0.05, 0) is 36.4 Å². The van der Waals surface area contributed by atoms with Gasteiger partial charge in [0, 0.05) is 13.2 Å². The molecule has 6 heteroatoms. The Kier molecular flexibility index (Phi) is 3.66. The van der Waals surface area contributed by atoms with E-state index in [0.29, 0.717) is 18.0 Å². The first kappa shape index (κ1) is 14.7. The van der Waals surface area contributed by atoms with E-state index in [4.69, 9.17) is 4.42 Å². The molecular formula is C18H15N3O2S. The monoisotopic (exact) mass is 337 g/mol. The van der Waals surface area contributed by atoms with E-state index in [2.05, 4.69) is 10.3 Å². The fourth-order valence-electron chi connectivity index (χ4n) is 2.52. The number of benzene rings is 1. The quantitative estimate of drug-likeness (QED) is 0.616. The van der Waals surface area contributed by atoms with Crippen LogP contribution in [-0.2, 0) is 13.6 Å². The maximum absolute atomic E-state index is 12.1. The molecule has 0 unspecified atom stereocenters. The molecule has 5 nitrogen and oxygen atoms in total. The highest BCUT2D eigenvalue weighted by Crippen LogP contribution is 2.31. The number of rotatable bonds is 4. The fourth-order valence-corrected chi connectivity index (χ4v) is 3.45. The van der Waals surface area contributed by atoms with E-state index in [1.54, 1.807) is 22.0 Å². The molecule has 0 fully saturated rings. The third kappa shape index (κ3) is 2.72. The second-order valence-corrected chi connectivity index (χ2v) is 6.47. The SMILES string of the molecule is Cn1cccc1C(=O)NCc1ccc(-c2nc3ccccc3s2)o1. The Balaban J connectivity index is 1.48. The molecule has 1 aromatic carbocycles. The Morgan fingerprint density at radius 3 is 2.88 bits per heavy atom. The first-order valence-electron chi connectivity index (χ1n) is 7.55. The van der Waals surface area contributed by atoms with Gasteiger partial charge >= 0.3 is 0 Å². The van der Waals surface area contributed by atoms with Crippen LogP contribution in [0, 0.1) is 0 Å². The molecule has 3 aromatic heterocycles. The van der Waals surface area contributed by atoms with Crippen LogP contribution in [0.3, 0.4) is 0 Å². The van der Waals surface area contributed by atoms with Gasteiger partial charge in [0.05, 0.1) is 16.8 Å². The molecule has 120 valence electrons. The van der Waals surface area contributed by atoms with Gasteiger partial charge in [-0.1, -0.05) is 12.1 Å². The maximum Gasteiger partial charge on any atom is 0.268 e. The lowest BCUT2D eigenvalue weighted by molar-refractivity contribution is 0.0940. The van der Waals surface area contributed by atoms with Gasteiger partial charge in [0.15, 0.2) is 10.8 Å². The molecule has 4 aromatic rings. The van der Waals surface area contributed by atoms with Crippen molar-refractivity contribution in [3.63, 3.8) is 0 Å². The molecule has 0 aliphatic heterocycles. The summed E-state index contributed by atoms with van der Waals surface area (Å²) in [6.07, 6.45) is 1.84. The molecule has 0 bridgehead atoms. The first-order chi connectivity index (χ1) is 11.7. The molecule has 0 atom stereocenters. The fraction of sp³-hybridized carbons (Fsp3) is 0.111. The first-order valence-corrected chi connectivity index (χ1v) is 8.36. The molecule has 1 N–H and O–H groups in total. The number of nitrogens with one attached hydrogen (secondary N) is 1.